The van der Waals surface area contributed by atoms with E-state index in [0.29, 0.717) is 21.3 Å². The summed E-state index contributed by atoms with van der Waals surface area (Å²) in [5.74, 6) is -0.245. The molecule has 1 aromatic carbocycles. The fourth-order valence-electron chi connectivity index (χ4n) is 1.32. The van der Waals surface area contributed by atoms with Gasteiger partial charge in [-0.25, -0.2) is 0 Å². The lowest BCUT2D eigenvalue weighted by atomic mass is 10.1. The summed E-state index contributed by atoms with van der Waals surface area (Å²) in [5.41, 5.74) is 0.686. The Balaban J connectivity index is 2.43. The average molecular weight is 331 g/mol. The van der Waals surface area contributed by atoms with E-state index in [-0.39, 0.29) is 5.78 Å². The SMILES string of the molecule is O=C(c1ccc(Br)cn1)c1cc(Cl)ccc1Cl. The van der Waals surface area contributed by atoms with Gasteiger partial charge in [0, 0.05) is 21.3 Å². The van der Waals surface area contributed by atoms with Gasteiger partial charge in [-0.2, -0.15) is 0 Å². The van der Waals surface area contributed by atoms with Crippen LogP contribution in [0.25, 0.3) is 0 Å². The fourth-order valence-corrected chi connectivity index (χ4v) is 1.93. The average Bonchev–Trinajstić information content (AvgIpc) is 2.32. The lowest BCUT2D eigenvalue weighted by molar-refractivity contribution is 0.103. The number of hydrogen-bond acceptors (Lipinski definition) is 2. The van der Waals surface area contributed by atoms with Crippen molar-refractivity contribution >= 4 is 44.9 Å². The summed E-state index contributed by atoms with van der Waals surface area (Å²) in [6.07, 6.45) is 1.56. The van der Waals surface area contributed by atoms with Crippen molar-refractivity contribution in [1.29, 1.82) is 0 Å². The highest BCUT2D eigenvalue weighted by atomic mass is 79.9. The second-order valence-corrected chi connectivity index (χ2v) is 5.07. The maximum atomic E-state index is 12.1. The van der Waals surface area contributed by atoms with Crippen LogP contribution in [0.4, 0.5) is 0 Å². The molecule has 0 saturated carbocycles. The molecule has 2 rings (SSSR count). The first kappa shape index (κ1) is 12.6. The Morgan fingerprint density at radius 2 is 1.94 bits per heavy atom. The first-order valence-electron chi connectivity index (χ1n) is 4.69. The molecular formula is C12H6BrCl2NO. The summed E-state index contributed by atoms with van der Waals surface area (Å²) in [6, 6.07) is 8.14. The first-order valence-corrected chi connectivity index (χ1v) is 6.24. The number of rotatable bonds is 2. The number of carbonyl (C=O) groups excluding carboxylic acids is 1. The maximum Gasteiger partial charge on any atom is 0.212 e. The van der Waals surface area contributed by atoms with Crippen LogP contribution in [0.2, 0.25) is 10.0 Å². The molecule has 2 nitrogen and oxygen atoms in total. The Bertz CT molecular complexity index is 569. The summed E-state index contributed by atoms with van der Waals surface area (Å²) in [7, 11) is 0. The maximum absolute atomic E-state index is 12.1. The largest absolute Gasteiger partial charge is 0.287 e. The van der Waals surface area contributed by atoms with E-state index in [0.717, 1.165) is 4.47 Å². The van der Waals surface area contributed by atoms with Crippen LogP contribution in [0, 0.1) is 0 Å². The summed E-state index contributed by atoms with van der Waals surface area (Å²) in [5, 5.41) is 0.832. The van der Waals surface area contributed by atoms with E-state index in [2.05, 4.69) is 20.9 Å². The van der Waals surface area contributed by atoms with Gasteiger partial charge in [0.05, 0.1) is 5.02 Å². The van der Waals surface area contributed by atoms with E-state index in [1.807, 2.05) is 0 Å². The van der Waals surface area contributed by atoms with Gasteiger partial charge in [0.1, 0.15) is 5.69 Å². The third-order valence-electron chi connectivity index (χ3n) is 2.13. The second kappa shape index (κ2) is 5.17. The molecular weight excluding hydrogens is 325 g/mol. The van der Waals surface area contributed by atoms with Crippen LogP contribution in [-0.4, -0.2) is 10.8 Å². The zero-order chi connectivity index (χ0) is 12.4. The highest BCUT2D eigenvalue weighted by Gasteiger charge is 2.14. The third-order valence-corrected chi connectivity index (χ3v) is 3.17. The van der Waals surface area contributed by atoms with Crippen molar-refractivity contribution in [2.45, 2.75) is 0 Å². The third kappa shape index (κ3) is 2.86. The Morgan fingerprint density at radius 1 is 1.18 bits per heavy atom. The molecule has 86 valence electrons. The van der Waals surface area contributed by atoms with E-state index in [9.17, 15) is 4.79 Å². The summed E-state index contributed by atoms with van der Waals surface area (Å²) >= 11 is 15.0. The van der Waals surface area contributed by atoms with Crippen molar-refractivity contribution in [3.8, 4) is 0 Å². The minimum Gasteiger partial charge on any atom is -0.287 e. The van der Waals surface area contributed by atoms with E-state index in [4.69, 9.17) is 23.2 Å². The van der Waals surface area contributed by atoms with Crippen LogP contribution in [0.15, 0.2) is 41.0 Å². The molecule has 0 aliphatic rings. The van der Waals surface area contributed by atoms with Crippen molar-refractivity contribution in [2.75, 3.05) is 0 Å². The monoisotopic (exact) mass is 329 g/mol. The lowest BCUT2D eigenvalue weighted by Crippen LogP contribution is -2.04. The van der Waals surface area contributed by atoms with Gasteiger partial charge in [-0.15, -0.1) is 0 Å². The van der Waals surface area contributed by atoms with Gasteiger partial charge < -0.3 is 0 Å². The zero-order valence-corrected chi connectivity index (χ0v) is 11.6. The van der Waals surface area contributed by atoms with Crippen molar-refractivity contribution in [3.63, 3.8) is 0 Å². The molecule has 5 heteroatoms. The number of halogens is 3. The highest BCUT2D eigenvalue weighted by molar-refractivity contribution is 9.10. The van der Waals surface area contributed by atoms with Crippen LogP contribution in [0.5, 0.6) is 0 Å². The van der Waals surface area contributed by atoms with Crippen LogP contribution in [0.3, 0.4) is 0 Å². The molecule has 0 saturated heterocycles. The standard InChI is InChI=1S/C12H6BrCl2NO/c13-7-1-4-11(16-6-7)12(17)9-5-8(14)2-3-10(9)15/h1-6H. The first-order chi connectivity index (χ1) is 8.08. The van der Waals surface area contributed by atoms with Gasteiger partial charge in [0.15, 0.2) is 0 Å². The molecule has 0 atom stereocenters. The highest BCUT2D eigenvalue weighted by Crippen LogP contribution is 2.23. The van der Waals surface area contributed by atoms with Gasteiger partial charge >= 0.3 is 0 Å². The fraction of sp³-hybridized carbons (Fsp3) is 0. The van der Waals surface area contributed by atoms with Crippen molar-refractivity contribution in [3.05, 3.63) is 62.3 Å². The Morgan fingerprint density at radius 3 is 2.59 bits per heavy atom. The minimum atomic E-state index is -0.245. The predicted molar refractivity (Wildman–Crippen MR) is 71.8 cm³/mol. The molecule has 0 unspecified atom stereocenters. The molecule has 0 spiro atoms. The van der Waals surface area contributed by atoms with E-state index in [1.54, 1.807) is 30.5 Å². The van der Waals surface area contributed by atoms with E-state index >= 15 is 0 Å². The summed E-state index contributed by atoms with van der Waals surface area (Å²) in [4.78, 5) is 16.1. The molecule has 17 heavy (non-hydrogen) atoms. The van der Waals surface area contributed by atoms with Gasteiger partial charge in [-0.1, -0.05) is 23.2 Å². The van der Waals surface area contributed by atoms with Crippen LogP contribution in [-0.2, 0) is 0 Å². The molecule has 0 radical (unpaired) electrons. The van der Waals surface area contributed by atoms with Gasteiger partial charge in [0.2, 0.25) is 5.78 Å². The van der Waals surface area contributed by atoms with Gasteiger partial charge in [-0.05, 0) is 46.3 Å². The normalized spacial score (nSPS) is 10.3. The number of aromatic nitrogens is 1. The number of pyridine rings is 1. The quantitative estimate of drug-likeness (QED) is 0.765. The number of ketones is 1. The van der Waals surface area contributed by atoms with E-state index < -0.39 is 0 Å². The van der Waals surface area contributed by atoms with Crippen LogP contribution >= 0.6 is 39.1 Å². The molecule has 0 aliphatic carbocycles. The molecule has 1 aromatic heterocycles. The van der Waals surface area contributed by atoms with Gasteiger partial charge in [0.25, 0.3) is 0 Å². The predicted octanol–water partition coefficient (Wildman–Crippen LogP) is 4.38. The number of carbonyl (C=O) groups is 1. The molecule has 0 aliphatic heterocycles. The topological polar surface area (TPSA) is 30.0 Å². The molecule has 0 N–H and O–H groups in total. The van der Waals surface area contributed by atoms with Crippen LogP contribution in [0.1, 0.15) is 16.1 Å². The number of benzene rings is 1. The molecule has 1 heterocycles. The molecule has 0 amide bonds. The Kier molecular flexibility index (Phi) is 3.82. The summed E-state index contributed by atoms with van der Waals surface area (Å²) < 4.78 is 0.811. The number of nitrogens with zero attached hydrogens (tertiary/aromatic N) is 1. The molecule has 2 aromatic rings. The van der Waals surface area contributed by atoms with Crippen molar-refractivity contribution in [2.24, 2.45) is 0 Å². The Labute approximate surface area is 117 Å². The van der Waals surface area contributed by atoms with Crippen LogP contribution < -0.4 is 0 Å². The molecule has 0 fully saturated rings. The number of hydrogen-bond donors (Lipinski definition) is 0. The molecule has 0 bridgehead atoms. The summed E-state index contributed by atoms with van der Waals surface area (Å²) in [6.45, 7) is 0. The van der Waals surface area contributed by atoms with Gasteiger partial charge in [-0.3, -0.25) is 9.78 Å². The minimum absolute atomic E-state index is 0.245. The Hall–Kier alpha value is -0.900. The van der Waals surface area contributed by atoms with Crippen molar-refractivity contribution < 1.29 is 4.79 Å². The van der Waals surface area contributed by atoms with Crippen molar-refractivity contribution in [1.82, 2.24) is 4.98 Å². The zero-order valence-electron chi connectivity index (χ0n) is 8.45. The smallest absolute Gasteiger partial charge is 0.212 e. The lowest BCUT2D eigenvalue weighted by Gasteiger charge is -2.03. The second-order valence-electron chi connectivity index (χ2n) is 3.31. The van der Waals surface area contributed by atoms with E-state index in [1.165, 1.54) is 6.07 Å².